The summed E-state index contributed by atoms with van der Waals surface area (Å²) in [6.07, 6.45) is 0. The van der Waals surface area contributed by atoms with Crippen molar-refractivity contribution in [3.63, 3.8) is 0 Å². The van der Waals surface area contributed by atoms with Crippen LogP contribution in [0.2, 0.25) is 0 Å². The molecule has 93 heavy (non-hydrogen) atoms. The van der Waals surface area contributed by atoms with Gasteiger partial charge in [0.1, 0.15) is 33.5 Å². The molecule has 4 heterocycles. The van der Waals surface area contributed by atoms with Crippen molar-refractivity contribution in [1.82, 2.24) is 0 Å². The van der Waals surface area contributed by atoms with Gasteiger partial charge in [0.15, 0.2) is 0 Å². The van der Waals surface area contributed by atoms with Gasteiger partial charge in [-0.25, -0.2) is 0 Å². The van der Waals surface area contributed by atoms with Crippen LogP contribution in [-0.4, -0.2) is 0 Å². The van der Waals surface area contributed by atoms with Gasteiger partial charge >= 0.3 is 0 Å². The van der Waals surface area contributed by atoms with Crippen molar-refractivity contribution in [2.24, 2.45) is 0 Å². The molecule has 0 atom stereocenters. The van der Waals surface area contributed by atoms with Gasteiger partial charge in [0.05, 0.1) is 0 Å². The first-order valence-electron chi connectivity index (χ1n) is 31.2. The minimum atomic E-state index is 0.902. The molecule has 19 rings (SSSR count). The Morgan fingerprint density at radius 3 is 1.11 bits per heavy atom. The number of furan rings is 3. The number of benzene rings is 15. The molecule has 0 saturated heterocycles. The number of hydrogen-bond donors (Lipinski definition) is 3. The largest absolute Gasteiger partial charge is 0.456 e. The van der Waals surface area contributed by atoms with Gasteiger partial charge in [-0.3, -0.25) is 0 Å². The molecular formula is C86H57N3O3S. The van der Waals surface area contributed by atoms with Gasteiger partial charge in [-0.1, -0.05) is 194 Å². The maximum atomic E-state index is 5.96. The second-order valence-corrected chi connectivity index (χ2v) is 24.5. The molecule has 0 aliphatic rings. The lowest BCUT2D eigenvalue weighted by Crippen LogP contribution is -1.90. The van der Waals surface area contributed by atoms with Gasteiger partial charge in [0.25, 0.3) is 0 Å². The third-order valence-electron chi connectivity index (χ3n) is 17.5. The molecule has 0 fully saturated rings. The van der Waals surface area contributed by atoms with Crippen LogP contribution >= 0.6 is 11.3 Å². The lowest BCUT2D eigenvalue weighted by molar-refractivity contribution is 0.668. The quantitative estimate of drug-likeness (QED) is 0.125. The normalized spacial score (nSPS) is 11.4. The average molecular weight is 1210 g/mol. The Bertz CT molecular complexity index is 5960. The van der Waals surface area contributed by atoms with Gasteiger partial charge in [-0.2, -0.15) is 0 Å². The number of thiophene rings is 1. The van der Waals surface area contributed by atoms with Crippen molar-refractivity contribution in [3.8, 4) is 33.4 Å². The van der Waals surface area contributed by atoms with Crippen LogP contribution in [0.25, 0.3) is 141 Å². The molecule has 19 aromatic rings. The third kappa shape index (κ3) is 10.9. The first kappa shape index (κ1) is 54.9. The van der Waals surface area contributed by atoms with Crippen molar-refractivity contribution in [2.45, 2.75) is 0 Å². The van der Waals surface area contributed by atoms with Crippen LogP contribution in [-0.2, 0) is 0 Å². The Kier molecular flexibility index (Phi) is 14.0. The van der Waals surface area contributed by atoms with Crippen molar-refractivity contribution in [2.75, 3.05) is 16.0 Å². The lowest BCUT2D eigenvalue weighted by atomic mass is 10.0. The molecule has 440 valence electrons. The fourth-order valence-corrected chi connectivity index (χ4v) is 14.0. The smallest absolute Gasteiger partial charge is 0.135 e. The highest BCUT2D eigenvalue weighted by atomic mass is 32.1. The Labute approximate surface area is 539 Å². The number of fused-ring (bicyclic) bond motifs is 15. The van der Waals surface area contributed by atoms with Crippen LogP contribution < -0.4 is 16.0 Å². The van der Waals surface area contributed by atoms with E-state index in [0.717, 1.165) is 99.9 Å². The maximum Gasteiger partial charge on any atom is 0.135 e. The minimum absolute atomic E-state index is 0.902. The molecule has 0 radical (unpaired) electrons. The van der Waals surface area contributed by atoms with E-state index in [9.17, 15) is 0 Å². The van der Waals surface area contributed by atoms with E-state index in [-0.39, 0.29) is 0 Å². The molecule has 0 aliphatic carbocycles. The zero-order valence-corrected chi connectivity index (χ0v) is 51.1. The minimum Gasteiger partial charge on any atom is -0.456 e. The van der Waals surface area contributed by atoms with Crippen molar-refractivity contribution < 1.29 is 13.3 Å². The van der Waals surface area contributed by atoms with Crippen LogP contribution in [0.5, 0.6) is 0 Å². The van der Waals surface area contributed by atoms with E-state index >= 15 is 0 Å². The lowest BCUT2D eigenvalue weighted by Gasteiger charge is -2.10. The predicted octanol–water partition coefficient (Wildman–Crippen LogP) is 25.7. The van der Waals surface area contributed by atoms with E-state index in [0.29, 0.717) is 0 Å². The molecule has 6 nitrogen and oxygen atoms in total. The molecule has 0 unspecified atom stereocenters. The molecule has 15 aromatic carbocycles. The monoisotopic (exact) mass is 1210 g/mol. The zero-order valence-electron chi connectivity index (χ0n) is 50.3. The highest BCUT2D eigenvalue weighted by Gasteiger charge is 2.13. The summed E-state index contributed by atoms with van der Waals surface area (Å²) in [4.78, 5) is 0. The van der Waals surface area contributed by atoms with E-state index in [1.165, 1.54) is 75.1 Å². The number of rotatable bonds is 9. The molecule has 3 N–H and O–H groups in total. The molecule has 0 bridgehead atoms. The molecule has 0 spiro atoms. The van der Waals surface area contributed by atoms with E-state index < -0.39 is 0 Å². The molecule has 0 aliphatic heterocycles. The highest BCUT2D eigenvalue weighted by molar-refractivity contribution is 7.25. The van der Waals surface area contributed by atoms with Crippen LogP contribution in [0.3, 0.4) is 0 Å². The van der Waals surface area contributed by atoms with E-state index in [1.54, 1.807) is 0 Å². The van der Waals surface area contributed by atoms with Crippen molar-refractivity contribution >= 4 is 153 Å². The van der Waals surface area contributed by atoms with Crippen LogP contribution in [0.15, 0.2) is 341 Å². The number of anilines is 6. The molecular weight excluding hydrogens is 1160 g/mol. The Morgan fingerprint density at radius 2 is 0.527 bits per heavy atom. The van der Waals surface area contributed by atoms with Crippen molar-refractivity contribution in [1.29, 1.82) is 0 Å². The van der Waals surface area contributed by atoms with Gasteiger partial charge < -0.3 is 29.2 Å². The molecule has 0 amide bonds. The standard InChI is InChI=1S/C30H19NO2.C30H21NO.C26H17NS/c1-3-7-27-23(5-1)25-17-20(11-15-29(25)32-27)19-9-12-21(13-10-19)31-22-14-16-30-26(18-22)24-6-2-4-8-28(24)33-30;1-2-6-21(7-3-1)22-10-15-25(16-11-22)31-26-17-12-23(13-18-26)24-14-19-30-28(20-24)27-8-4-5-9-29(27)32-30;1-2-6-21-17(5-1)9-10-18-15-19(11-13-22(18)21)27-20-12-14-26-24(16-20)23-7-3-4-8-25(23)28-26/h1-18,31H;1-20,31H;1-16,27H. The first-order valence-corrected chi connectivity index (χ1v) is 32.1. The molecule has 0 saturated carbocycles. The summed E-state index contributed by atoms with van der Waals surface area (Å²) >= 11 is 1.85. The SMILES string of the molecule is c1ccc(-c2ccc(Nc3ccc(-c4ccc5oc6ccccc6c5c4)cc3)cc2)cc1.c1ccc2c(c1)ccc1cc(Nc3ccc4sc5ccccc5c4c3)ccc12.c1ccc2c(c1)oc1ccc(Nc3ccc(-c4ccc5oc6ccccc6c5c4)cc3)cc12. The van der Waals surface area contributed by atoms with Crippen LogP contribution in [0.1, 0.15) is 0 Å². The highest BCUT2D eigenvalue weighted by Crippen LogP contribution is 2.39. The fourth-order valence-electron chi connectivity index (χ4n) is 12.9. The Hall–Kier alpha value is -12.2. The number of para-hydroxylation sites is 3. The second kappa shape index (κ2) is 23.7. The van der Waals surface area contributed by atoms with Gasteiger partial charge in [0, 0.05) is 86.6 Å². The summed E-state index contributed by atoms with van der Waals surface area (Å²) < 4.78 is 20.5. The van der Waals surface area contributed by atoms with E-state index in [2.05, 4.69) is 283 Å². The van der Waals surface area contributed by atoms with Gasteiger partial charge in [-0.15, -0.1) is 11.3 Å². The Morgan fingerprint density at radius 1 is 0.183 bits per heavy atom. The number of hydrogen-bond acceptors (Lipinski definition) is 7. The molecule has 7 heteroatoms. The van der Waals surface area contributed by atoms with E-state index in [4.69, 9.17) is 13.3 Å². The van der Waals surface area contributed by atoms with Crippen LogP contribution in [0.4, 0.5) is 34.1 Å². The van der Waals surface area contributed by atoms with Gasteiger partial charge in [0.2, 0.25) is 0 Å². The predicted molar refractivity (Wildman–Crippen MR) is 395 cm³/mol. The zero-order chi connectivity index (χ0) is 61.6. The molecule has 4 aromatic heterocycles. The average Bonchev–Trinajstić information content (AvgIpc) is 1.88. The Balaban J connectivity index is 0.000000107. The van der Waals surface area contributed by atoms with Gasteiger partial charge in [-0.05, 0) is 188 Å². The first-order chi connectivity index (χ1) is 46.0. The summed E-state index contributed by atoms with van der Waals surface area (Å²) in [7, 11) is 0. The topological polar surface area (TPSA) is 75.5 Å². The third-order valence-corrected chi connectivity index (χ3v) is 18.7. The van der Waals surface area contributed by atoms with Crippen LogP contribution in [0, 0.1) is 0 Å². The van der Waals surface area contributed by atoms with Crippen molar-refractivity contribution in [3.05, 3.63) is 328 Å². The fraction of sp³-hybridized carbons (Fsp3) is 0. The number of nitrogens with one attached hydrogen (secondary N) is 3. The second-order valence-electron chi connectivity index (χ2n) is 23.4. The summed E-state index contributed by atoms with van der Waals surface area (Å²) in [5.41, 5.74) is 19.1. The summed E-state index contributed by atoms with van der Waals surface area (Å²) in [5.74, 6) is 0. The summed E-state index contributed by atoms with van der Waals surface area (Å²) in [6.45, 7) is 0. The summed E-state index contributed by atoms with van der Waals surface area (Å²) in [6, 6.07) is 114. The van der Waals surface area contributed by atoms with E-state index in [1.807, 2.05) is 72.0 Å². The maximum absolute atomic E-state index is 5.96. The summed E-state index contributed by atoms with van der Waals surface area (Å²) in [5, 5.41) is 25.2.